The third kappa shape index (κ3) is 3.21. The van der Waals surface area contributed by atoms with E-state index in [9.17, 15) is 9.18 Å². The van der Waals surface area contributed by atoms with Crippen LogP contribution in [0.15, 0.2) is 41.2 Å². The minimum Gasteiger partial charge on any atom is -0.472 e. The number of hydrogen-bond donors (Lipinski definition) is 2. The second-order valence-electron chi connectivity index (χ2n) is 3.67. The lowest BCUT2D eigenvalue weighted by atomic mass is 10.2. The van der Waals surface area contributed by atoms with Crippen molar-refractivity contribution in [1.82, 2.24) is 0 Å². The number of halogens is 1. The summed E-state index contributed by atoms with van der Waals surface area (Å²) < 4.78 is 18.4. The van der Waals surface area contributed by atoms with E-state index in [1.807, 2.05) is 0 Å². The van der Waals surface area contributed by atoms with Crippen LogP contribution in [0.4, 0.5) is 10.1 Å². The molecule has 0 atom stereocenters. The Morgan fingerprint density at radius 1 is 1.42 bits per heavy atom. The maximum atomic E-state index is 13.7. The van der Waals surface area contributed by atoms with Crippen LogP contribution >= 0.6 is 0 Å². The van der Waals surface area contributed by atoms with Crippen LogP contribution in [0.2, 0.25) is 0 Å². The second-order valence-corrected chi connectivity index (χ2v) is 3.67. The van der Waals surface area contributed by atoms with Crippen molar-refractivity contribution in [2.75, 3.05) is 11.9 Å². The van der Waals surface area contributed by atoms with E-state index in [0.29, 0.717) is 11.3 Å². The highest BCUT2D eigenvalue weighted by molar-refractivity contribution is 6.03. The summed E-state index contributed by atoms with van der Waals surface area (Å²) in [5.41, 5.74) is 6.17. The highest BCUT2D eigenvalue weighted by Gasteiger charge is 2.08. The minimum absolute atomic E-state index is 0.165. The summed E-state index contributed by atoms with van der Waals surface area (Å²) in [5, 5.41) is 2.56. The number of nitrogens with two attached hydrogens (primary N) is 1. The number of carbonyl (C=O) groups excluding carboxylic acids is 1. The van der Waals surface area contributed by atoms with Crippen LogP contribution < -0.4 is 11.1 Å². The van der Waals surface area contributed by atoms with Crippen LogP contribution in [0.1, 0.15) is 15.9 Å². The Bertz CT molecular complexity index is 639. The molecule has 96 valence electrons. The maximum Gasteiger partial charge on any atom is 0.258 e. The quantitative estimate of drug-likeness (QED) is 0.809. The molecular formula is C14H11FN2O2. The normalized spacial score (nSPS) is 9.58. The molecule has 1 aromatic heterocycles. The molecule has 0 bridgehead atoms. The first kappa shape index (κ1) is 12.9. The van der Waals surface area contributed by atoms with E-state index >= 15 is 0 Å². The number of nitrogens with one attached hydrogen (secondary N) is 1. The maximum absolute atomic E-state index is 13.7. The standard InChI is InChI=1S/C14H11FN2O2/c15-13-8-12(4-3-10(13)2-1-6-16)17-14(18)11-5-7-19-9-11/h3-5,7-9H,6,16H2,(H,17,18). The second kappa shape index (κ2) is 5.85. The summed E-state index contributed by atoms with van der Waals surface area (Å²) in [6.45, 7) is 0.165. The number of benzene rings is 1. The fraction of sp³-hybridized carbons (Fsp3) is 0.0714. The third-order valence-corrected chi connectivity index (χ3v) is 2.34. The van der Waals surface area contributed by atoms with Crippen molar-refractivity contribution in [3.05, 3.63) is 53.7 Å². The van der Waals surface area contributed by atoms with Gasteiger partial charge in [0, 0.05) is 5.69 Å². The van der Waals surface area contributed by atoms with Gasteiger partial charge in [-0.05, 0) is 24.3 Å². The van der Waals surface area contributed by atoms with Crippen molar-refractivity contribution in [3.8, 4) is 11.8 Å². The van der Waals surface area contributed by atoms with Gasteiger partial charge in [-0.1, -0.05) is 11.8 Å². The van der Waals surface area contributed by atoms with E-state index in [1.165, 1.54) is 30.7 Å². The molecule has 1 amide bonds. The van der Waals surface area contributed by atoms with Crippen molar-refractivity contribution < 1.29 is 13.6 Å². The molecule has 19 heavy (non-hydrogen) atoms. The van der Waals surface area contributed by atoms with Gasteiger partial charge in [0.15, 0.2) is 0 Å². The van der Waals surface area contributed by atoms with Crippen molar-refractivity contribution in [2.24, 2.45) is 5.73 Å². The number of rotatable bonds is 2. The Morgan fingerprint density at radius 3 is 2.89 bits per heavy atom. The number of anilines is 1. The molecule has 0 fully saturated rings. The SMILES string of the molecule is NCC#Cc1ccc(NC(=O)c2ccoc2)cc1F. The zero-order valence-corrected chi connectivity index (χ0v) is 9.94. The molecular weight excluding hydrogens is 247 g/mol. The van der Waals surface area contributed by atoms with Crippen LogP contribution in [-0.4, -0.2) is 12.5 Å². The number of carbonyl (C=O) groups is 1. The molecule has 0 aliphatic rings. The molecule has 0 saturated carbocycles. The predicted octanol–water partition coefficient (Wildman–Crippen LogP) is 1.98. The lowest BCUT2D eigenvalue weighted by molar-refractivity contribution is 0.102. The molecule has 2 aromatic rings. The van der Waals surface area contributed by atoms with Gasteiger partial charge in [0.05, 0.1) is 23.9 Å². The highest BCUT2D eigenvalue weighted by Crippen LogP contribution is 2.15. The van der Waals surface area contributed by atoms with E-state index in [2.05, 4.69) is 17.2 Å². The van der Waals surface area contributed by atoms with Gasteiger partial charge in [-0.3, -0.25) is 4.79 Å². The van der Waals surface area contributed by atoms with Gasteiger partial charge in [-0.25, -0.2) is 4.39 Å². The Balaban J connectivity index is 2.14. The van der Waals surface area contributed by atoms with Gasteiger partial charge >= 0.3 is 0 Å². The Kier molecular flexibility index (Phi) is 3.96. The van der Waals surface area contributed by atoms with E-state index in [4.69, 9.17) is 10.2 Å². The molecule has 2 rings (SSSR count). The largest absolute Gasteiger partial charge is 0.472 e. The van der Waals surface area contributed by atoms with Gasteiger partial charge in [0.1, 0.15) is 12.1 Å². The van der Waals surface area contributed by atoms with E-state index < -0.39 is 5.82 Å². The molecule has 0 aliphatic heterocycles. The monoisotopic (exact) mass is 258 g/mol. The molecule has 0 spiro atoms. The smallest absolute Gasteiger partial charge is 0.258 e. The molecule has 1 aromatic carbocycles. The topological polar surface area (TPSA) is 68.3 Å². The lowest BCUT2D eigenvalue weighted by Crippen LogP contribution is -2.11. The van der Waals surface area contributed by atoms with Crippen molar-refractivity contribution >= 4 is 11.6 Å². The molecule has 0 radical (unpaired) electrons. The minimum atomic E-state index is -0.508. The molecule has 0 unspecified atom stereocenters. The van der Waals surface area contributed by atoms with E-state index in [1.54, 1.807) is 6.07 Å². The Hall–Kier alpha value is -2.58. The van der Waals surface area contributed by atoms with Crippen LogP contribution in [0.5, 0.6) is 0 Å². The molecule has 3 N–H and O–H groups in total. The molecule has 1 heterocycles. The third-order valence-electron chi connectivity index (χ3n) is 2.34. The first-order valence-corrected chi connectivity index (χ1v) is 5.53. The lowest BCUT2D eigenvalue weighted by Gasteiger charge is -2.04. The molecule has 0 saturated heterocycles. The fourth-order valence-electron chi connectivity index (χ4n) is 1.44. The molecule has 5 heteroatoms. The van der Waals surface area contributed by atoms with Gasteiger partial charge in [-0.15, -0.1) is 0 Å². The molecule has 0 aliphatic carbocycles. The predicted molar refractivity (Wildman–Crippen MR) is 69.0 cm³/mol. The van der Waals surface area contributed by atoms with Gasteiger partial charge in [0.2, 0.25) is 0 Å². The number of amides is 1. The van der Waals surface area contributed by atoms with E-state index in [-0.39, 0.29) is 18.0 Å². The van der Waals surface area contributed by atoms with Crippen LogP contribution in [0.3, 0.4) is 0 Å². The summed E-state index contributed by atoms with van der Waals surface area (Å²) in [5.74, 6) is 4.29. The Labute approximate surface area is 109 Å². The Morgan fingerprint density at radius 2 is 2.26 bits per heavy atom. The zero-order valence-electron chi connectivity index (χ0n) is 9.94. The van der Waals surface area contributed by atoms with Crippen LogP contribution in [0, 0.1) is 17.7 Å². The average Bonchev–Trinajstić information content (AvgIpc) is 2.92. The van der Waals surface area contributed by atoms with Gasteiger partial charge in [-0.2, -0.15) is 0 Å². The molecule has 4 nitrogen and oxygen atoms in total. The summed E-state index contributed by atoms with van der Waals surface area (Å²) >= 11 is 0. The van der Waals surface area contributed by atoms with Crippen LogP contribution in [0.25, 0.3) is 0 Å². The fourth-order valence-corrected chi connectivity index (χ4v) is 1.44. The van der Waals surface area contributed by atoms with Gasteiger partial charge < -0.3 is 15.5 Å². The first-order valence-electron chi connectivity index (χ1n) is 5.53. The summed E-state index contributed by atoms with van der Waals surface area (Å²) in [6.07, 6.45) is 2.70. The van der Waals surface area contributed by atoms with Crippen molar-refractivity contribution in [2.45, 2.75) is 0 Å². The van der Waals surface area contributed by atoms with Crippen molar-refractivity contribution in [3.63, 3.8) is 0 Å². The zero-order chi connectivity index (χ0) is 13.7. The first-order chi connectivity index (χ1) is 9.20. The summed E-state index contributed by atoms with van der Waals surface area (Å²) in [7, 11) is 0. The highest BCUT2D eigenvalue weighted by atomic mass is 19.1. The average molecular weight is 258 g/mol. The van der Waals surface area contributed by atoms with Crippen molar-refractivity contribution in [1.29, 1.82) is 0 Å². The number of hydrogen-bond acceptors (Lipinski definition) is 3. The van der Waals surface area contributed by atoms with Crippen LogP contribution in [-0.2, 0) is 0 Å². The van der Waals surface area contributed by atoms with E-state index in [0.717, 1.165) is 0 Å². The summed E-state index contributed by atoms with van der Waals surface area (Å²) in [4.78, 5) is 11.7. The number of furan rings is 1. The van der Waals surface area contributed by atoms with Gasteiger partial charge in [0.25, 0.3) is 5.91 Å². The summed E-state index contributed by atoms with van der Waals surface area (Å²) in [6, 6.07) is 5.79.